The number of carbonyl (C=O) groups excluding carboxylic acids is 1. The average Bonchev–Trinajstić information content (AvgIpc) is 2.61. The molecule has 1 amide bonds. The van der Waals surface area contributed by atoms with E-state index in [9.17, 15) is 13.2 Å². The van der Waals surface area contributed by atoms with Crippen LogP contribution in [0.3, 0.4) is 0 Å². The Hall–Kier alpha value is -2.09. The van der Waals surface area contributed by atoms with Gasteiger partial charge in [0.25, 0.3) is 0 Å². The molecule has 0 bridgehead atoms. The molecule has 8 heteroatoms. The minimum Gasteiger partial charge on any atom is -0.495 e. The van der Waals surface area contributed by atoms with Gasteiger partial charge >= 0.3 is 0 Å². The van der Waals surface area contributed by atoms with Crippen LogP contribution in [0.15, 0.2) is 53.4 Å². The molecule has 2 aromatic rings. The van der Waals surface area contributed by atoms with Crippen molar-refractivity contribution in [3.8, 4) is 5.75 Å². The van der Waals surface area contributed by atoms with Gasteiger partial charge in [-0.2, -0.15) is 4.72 Å². The lowest BCUT2D eigenvalue weighted by Crippen LogP contribution is -2.49. The molecule has 0 aliphatic carbocycles. The van der Waals surface area contributed by atoms with Crippen LogP contribution >= 0.6 is 11.6 Å². The molecule has 0 aromatic heterocycles. The van der Waals surface area contributed by atoms with Crippen LogP contribution in [0.1, 0.15) is 19.4 Å². The minimum atomic E-state index is -4.05. The molecule has 0 fully saturated rings. The zero-order valence-corrected chi connectivity index (χ0v) is 17.0. The summed E-state index contributed by atoms with van der Waals surface area (Å²) in [6, 6.07) is 12.4. The summed E-state index contributed by atoms with van der Waals surface area (Å²) in [5, 5.41) is 3.01. The first kappa shape index (κ1) is 21.2. The summed E-state index contributed by atoms with van der Waals surface area (Å²) in [6.45, 7) is 3.62. The van der Waals surface area contributed by atoms with E-state index in [-0.39, 0.29) is 28.1 Å². The Bertz CT molecular complexity index is 886. The Kier molecular flexibility index (Phi) is 7.24. The van der Waals surface area contributed by atoms with E-state index in [0.717, 1.165) is 5.56 Å². The molecule has 1 atom stereocenters. The summed E-state index contributed by atoms with van der Waals surface area (Å²) < 4.78 is 33.5. The van der Waals surface area contributed by atoms with E-state index in [1.54, 1.807) is 0 Å². The highest BCUT2D eigenvalue weighted by Crippen LogP contribution is 2.27. The monoisotopic (exact) mass is 410 g/mol. The van der Waals surface area contributed by atoms with Gasteiger partial charge < -0.3 is 10.1 Å². The van der Waals surface area contributed by atoms with Crippen molar-refractivity contribution >= 4 is 27.5 Å². The molecular weight excluding hydrogens is 388 g/mol. The number of methoxy groups -OCH3 is 1. The summed E-state index contributed by atoms with van der Waals surface area (Å²) in [5.41, 5.74) is 0.835. The molecule has 0 saturated heterocycles. The summed E-state index contributed by atoms with van der Waals surface area (Å²) in [5.74, 6) is -0.256. The second kappa shape index (κ2) is 9.21. The lowest BCUT2D eigenvalue weighted by atomic mass is 10.1. The summed E-state index contributed by atoms with van der Waals surface area (Å²) in [4.78, 5) is 12.5. The van der Waals surface area contributed by atoms with Gasteiger partial charge in [-0.25, -0.2) is 8.42 Å². The fraction of sp³-hybridized carbons (Fsp3) is 0.316. The van der Waals surface area contributed by atoms with E-state index >= 15 is 0 Å². The van der Waals surface area contributed by atoms with Gasteiger partial charge in [0.2, 0.25) is 15.9 Å². The van der Waals surface area contributed by atoms with Crippen molar-refractivity contribution in [3.63, 3.8) is 0 Å². The summed E-state index contributed by atoms with van der Waals surface area (Å²) in [6.07, 6.45) is 0.210. The number of benzene rings is 2. The van der Waals surface area contributed by atoms with Gasteiger partial charge in [0.15, 0.2) is 0 Å². The Labute approximate surface area is 164 Å². The zero-order valence-electron chi connectivity index (χ0n) is 15.4. The molecule has 0 unspecified atom stereocenters. The van der Waals surface area contributed by atoms with Crippen LogP contribution in [0.25, 0.3) is 0 Å². The van der Waals surface area contributed by atoms with E-state index < -0.39 is 22.0 Å². The predicted molar refractivity (Wildman–Crippen MR) is 106 cm³/mol. The van der Waals surface area contributed by atoms with Crippen molar-refractivity contribution in [1.82, 2.24) is 10.0 Å². The molecule has 2 aromatic carbocycles. The molecule has 2 N–H and O–H groups in total. The molecular formula is C19H23ClN2O4S. The second-order valence-electron chi connectivity index (χ2n) is 6.32. The van der Waals surface area contributed by atoms with E-state index in [1.165, 1.54) is 25.3 Å². The van der Waals surface area contributed by atoms with E-state index in [4.69, 9.17) is 16.3 Å². The maximum atomic E-state index is 12.9. The molecule has 0 spiro atoms. The van der Waals surface area contributed by atoms with Crippen molar-refractivity contribution in [2.24, 2.45) is 0 Å². The molecule has 0 saturated carbocycles. The van der Waals surface area contributed by atoms with Crippen LogP contribution < -0.4 is 14.8 Å². The van der Waals surface area contributed by atoms with E-state index in [1.807, 2.05) is 44.2 Å². The van der Waals surface area contributed by atoms with Gasteiger partial charge in [0.05, 0.1) is 7.11 Å². The molecule has 0 aliphatic rings. The normalized spacial score (nSPS) is 12.6. The van der Waals surface area contributed by atoms with Gasteiger partial charge in [0, 0.05) is 11.1 Å². The van der Waals surface area contributed by atoms with Crippen molar-refractivity contribution in [1.29, 1.82) is 0 Å². The topological polar surface area (TPSA) is 84.5 Å². The third kappa shape index (κ3) is 5.95. The lowest BCUT2D eigenvalue weighted by molar-refractivity contribution is -0.123. The van der Waals surface area contributed by atoms with Crippen LogP contribution in [0.5, 0.6) is 5.75 Å². The Morgan fingerprint density at radius 1 is 1.15 bits per heavy atom. The number of hydrogen-bond acceptors (Lipinski definition) is 4. The Balaban J connectivity index is 2.35. The molecule has 146 valence electrons. The fourth-order valence-electron chi connectivity index (χ4n) is 2.53. The molecule has 0 heterocycles. The first-order valence-electron chi connectivity index (χ1n) is 8.43. The van der Waals surface area contributed by atoms with E-state index in [0.29, 0.717) is 0 Å². The van der Waals surface area contributed by atoms with Crippen LogP contribution in [0, 0.1) is 0 Å². The number of ether oxygens (including phenoxy) is 1. The average molecular weight is 411 g/mol. The van der Waals surface area contributed by atoms with Crippen LogP contribution in [0.4, 0.5) is 0 Å². The minimum absolute atomic E-state index is 0.118. The number of carbonyl (C=O) groups is 1. The standard InChI is InChI=1S/C19H23ClN2O4S/c1-13(2)21-19(23)16(11-14-7-5-4-6-8-14)22-27(24,25)18-12-15(20)9-10-17(18)26-3/h4-10,12-13,16,22H,11H2,1-3H3,(H,21,23)/t16-/m1/s1. The van der Waals surface area contributed by atoms with Crippen molar-refractivity contribution < 1.29 is 17.9 Å². The third-order valence-electron chi connectivity index (χ3n) is 3.74. The van der Waals surface area contributed by atoms with Gasteiger partial charge in [0.1, 0.15) is 16.7 Å². The number of rotatable bonds is 8. The maximum Gasteiger partial charge on any atom is 0.245 e. The fourth-order valence-corrected chi connectivity index (χ4v) is 4.16. The van der Waals surface area contributed by atoms with Crippen LogP contribution in [-0.2, 0) is 21.2 Å². The number of amides is 1. The predicted octanol–water partition coefficient (Wildman–Crippen LogP) is 2.76. The van der Waals surface area contributed by atoms with Crippen molar-refractivity contribution in [2.45, 2.75) is 37.2 Å². The Morgan fingerprint density at radius 3 is 2.41 bits per heavy atom. The van der Waals surface area contributed by atoms with E-state index in [2.05, 4.69) is 10.0 Å². The summed E-state index contributed by atoms with van der Waals surface area (Å²) >= 11 is 5.95. The first-order chi connectivity index (χ1) is 12.7. The molecule has 0 radical (unpaired) electrons. The Morgan fingerprint density at radius 2 is 1.81 bits per heavy atom. The smallest absolute Gasteiger partial charge is 0.245 e. The second-order valence-corrected chi connectivity index (χ2v) is 8.44. The van der Waals surface area contributed by atoms with Gasteiger partial charge in [-0.3, -0.25) is 4.79 Å². The van der Waals surface area contributed by atoms with Crippen molar-refractivity contribution in [3.05, 3.63) is 59.1 Å². The third-order valence-corrected chi connectivity index (χ3v) is 5.47. The molecule has 6 nitrogen and oxygen atoms in total. The quantitative estimate of drug-likeness (QED) is 0.700. The largest absolute Gasteiger partial charge is 0.495 e. The highest BCUT2D eigenvalue weighted by Gasteiger charge is 2.28. The summed E-state index contributed by atoms with van der Waals surface area (Å²) in [7, 11) is -2.68. The molecule has 2 rings (SSSR count). The maximum absolute atomic E-state index is 12.9. The van der Waals surface area contributed by atoms with Crippen LogP contribution in [-0.4, -0.2) is 33.5 Å². The molecule has 27 heavy (non-hydrogen) atoms. The number of nitrogens with one attached hydrogen (secondary N) is 2. The highest BCUT2D eigenvalue weighted by atomic mass is 35.5. The number of halogens is 1. The number of sulfonamides is 1. The van der Waals surface area contributed by atoms with Gasteiger partial charge in [-0.05, 0) is 44.0 Å². The highest BCUT2D eigenvalue weighted by molar-refractivity contribution is 7.89. The van der Waals surface area contributed by atoms with Crippen molar-refractivity contribution in [2.75, 3.05) is 7.11 Å². The number of hydrogen-bond donors (Lipinski definition) is 2. The lowest BCUT2D eigenvalue weighted by Gasteiger charge is -2.21. The SMILES string of the molecule is COc1ccc(Cl)cc1S(=O)(=O)N[C@H](Cc1ccccc1)C(=O)NC(C)C. The zero-order chi connectivity index (χ0) is 20.0. The van der Waals surface area contributed by atoms with Gasteiger partial charge in [-0.1, -0.05) is 41.9 Å². The first-order valence-corrected chi connectivity index (χ1v) is 10.3. The van der Waals surface area contributed by atoms with Crippen LogP contribution in [0.2, 0.25) is 5.02 Å². The molecule has 0 aliphatic heterocycles. The van der Waals surface area contributed by atoms with Gasteiger partial charge in [-0.15, -0.1) is 0 Å².